The second-order valence-electron chi connectivity index (χ2n) is 20.8. The molecule has 0 spiro atoms. The Kier molecular flexibility index (Phi) is 15.5. The zero-order valence-electron chi connectivity index (χ0n) is 38.3. The fraction of sp³-hybridized carbons (Fsp3) is 0.462. The summed E-state index contributed by atoms with van der Waals surface area (Å²) < 4.78 is 176. The van der Waals surface area contributed by atoms with Crippen LogP contribution in [0, 0.1) is 25.7 Å². The molecule has 4 aliphatic rings. The largest absolute Gasteiger partial charge is 0.147 e. The molecule has 0 saturated heterocycles. The first-order valence-corrected chi connectivity index (χ1v) is 36.6. The number of hydrogen-bond acceptors (Lipinski definition) is 0. The summed E-state index contributed by atoms with van der Waals surface area (Å²) in [7, 11) is 0. The topological polar surface area (TPSA) is 0 Å². The smallest absolute Gasteiger partial charge is 0.147 e. The van der Waals surface area contributed by atoms with Gasteiger partial charge in [-0.2, -0.15) is 0 Å². The van der Waals surface area contributed by atoms with E-state index >= 15 is 0 Å². The van der Waals surface area contributed by atoms with Gasteiger partial charge in [-0.15, -0.1) is 24.8 Å². The van der Waals surface area contributed by atoms with Crippen molar-refractivity contribution >= 4 is 43.8 Å². The van der Waals surface area contributed by atoms with Crippen molar-refractivity contribution in [3.8, 4) is 22.3 Å². The Morgan fingerprint density at radius 1 is 0.471 bits per heavy atom. The monoisotopic (exact) mass is 1100 g/mol. The first-order valence-electron chi connectivity index (χ1n) is 23.0. The number of benzene rings is 4. The maximum absolute atomic E-state index is 14.3. The molecule has 0 radical (unpaired) electrons. The molecule has 0 heterocycles. The van der Waals surface area contributed by atoms with Crippen molar-refractivity contribution < 1.29 is 70.1 Å². The van der Waals surface area contributed by atoms with E-state index in [-0.39, 0.29) is 66.5 Å². The van der Waals surface area contributed by atoms with E-state index in [0.717, 1.165) is 122 Å². The van der Waals surface area contributed by atoms with Crippen LogP contribution in [0.15, 0.2) is 71.8 Å². The van der Waals surface area contributed by atoms with Crippen LogP contribution < -0.4 is 0 Å². The summed E-state index contributed by atoms with van der Waals surface area (Å²) in [5.41, 5.74) is 1.51. The molecule has 0 aromatic heterocycles. The summed E-state index contributed by atoms with van der Waals surface area (Å²) in [6.07, 6.45) is -4.36. The Balaban J connectivity index is 0.00000381. The van der Waals surface area contributed by atoms with E-state index in [4.69, 9.17) is 0 Å². The minimum absolute atomic E-state index is 0. The van der Waals surface area contributed by atoms with Gasteiger partial charge in [0.1, 0.15) is 0 Å². The van der Waals surface area contributed by atoms with Gasteiger partial charge in [-0.25, -0.2) is 0 Å². The summed E-state index contributed by atoms with van der Waals surface area (Å²) in [6, 6.07) is 10.3. The van der Waals surface area contributed by atoms with E-state index < -0.39 is 64.4 Å². The summed E-state index contributed by atoms with van der Waals surface area (Å²) >= 11 is -4.80. The molecule has 2 saturated carbocycles. The molecule has 2 atom stereocenters. The first-order chi connectivity index (χ1) is 30.6. The molecule has 0 bridgehead atoms. The third-order valence-electron chi connectivity index (χ3n) is 15.2. The molecule has 0 N–H and O–H groups in total. The fourth-order valence-corrected chi connectivity index (χ4v) is 32.2. The Hall–Kier alpha value is -2.80. The van der Waals surface area contributed by atoms with Crippen LogP contribution in [-0.4, -0.2) is 6.88 Å². The van der Waals surface area contributed by atoms with Crippen LogP contribution in [0.3, 0.4) is 0 Å². The van der Waals surface area contributed by atoms with E-state index in [1.54, 1.807) is 24.3 Å². The van der Waals surface area contributed by atoms with Crippen molar-refractivity contribution in [2.75, 3.05) is 0 Å². The Bertz CT molecular complexity index is 2450. The Morgan fingerprint density at radius 3 is 1.04 bits per heavy atom. The van der Waals surface area contributed by atoms with Crippen LogP contribution in [0.5, 0.6) is 0 Å². The third kappa shape index (κ3) is 10.7. The molecular formula is C52H56Cl2F12SiZr. The van der Waals surface area contributed by atoms with Crippen LogP contribution in [-0.2, 0) is 42.1 Å². The summed E-state index contributed by atoms with van der Waals surface area (Å²) in [5.74, 6) is 0.630. The average molecular weight is 1100 g/mol. The normalized spacial score (nSPS) is 19.7. The number of fused-ring (bicyclic) bond motifs is 2. The van der Waals surface area contributed by atoms with Crippen LogP contribution in [0.1, 0.15) is 140 Å². The van der Waals surface area contributed by atoms with E-state index in [1.807, 2.05) is 32.9 Å². The maximum Gasteiger partial charge on any atom is -0.147 e. The van der Waals surface area contributed by atoms with Crippen LogP contribution in [0.2, 0.25) is 9.26 Å². The van der Waals surface area contributed by atoms with Gasteiger partial charge in [-0.3, -0.25) is 0 Å². The molecule has 0 aliphatic heterocycles. The second kappa shape index (κ2) is 19.3. The Morgan fingerprint density at radius 2 is 0.765 bits per heavy atom. The summed E-state index contributed by atoms with van der Waals surface area (Å²) in [5, 5.41) is 0. The van der Waals surface area contributed by atoms with Gasteiger partial charge in [-0.05, 0) is 0 Å². The standard InChI is InChI=1S/2C25H23F6.2CH3.2ClH.H2Si.Zr/c2*1-15-7-8-21(18-12-19(24(26,27)28)14-20(13-18)25(29,30)31)23-11-17(10-22(15)23)9-16-5-3-2-4-6-16;;;;;;/h2*7-8,10-14,16H,2-6,9H2,1H3;2*1H3;2*1H;1H2;. The Labute approximate surface area is 405 Å². The number of halogens is 14. The second-order valence-corrected chi connectivity index (χ2v) is 51.2. The number of rotatable bonds is 8. The number of allylic oxidation sites excluding steroid dienone is 2. The van der Waals surface area contributed by atoms with Crippen molar-refractivity contribution in [2.24, 2.45) is 11.8 Å². The quantitative estimate of drug-likeness (QED) is 0.122. The van der Waals surface area contributed by atoms with E-state index in [0.29, 0.717) is 35.8 Å². The molecule has 4 aromatic carbocycles. The molecule has 2 unspecified atom stereocenters. The molecule has 2 fully saturated rings. The number of alkyl halides is 12. The maximum atomic E-state index is 14.3. The van der Waals surface area contributed by atoms with Crippen molar-refractivity contribution in [1.29, 1.82) is 0 Å². The molecule has 0 amide bonds. The van der Waals surface area contributed by atoms with Gasteiger partial charge >= 0.3 is 383 Å². The third-order valence-corrected chi connectivity index (χ3v) is 32.6. The minimum Gasteiger partial charge on any atom is -0.147 e. The molecule has 0 nitrogen and oxygen atoms in total. The zero-order chi connectivity index (χ0) is 48.0. The molecular weight excluding hydrogens is 1040 g/mol. The van der Waals surface area contributed by atoms with Gasteiger partial charge in [0.05, 0.1) is 0 Å². The van der Waals surface area contributed by atoms with Gasteiger partial charge < -0.3 is 0 Å². The fourth-order valence-electron chi connectivity index (χ4n) is 12.3. The molecule has 370 valence electrons. The number of hydrogen-bond donors (Lipinski definition) is 0. The first kappa shape index (κ1) is 54.5. The van der Waals surface area contributed by atoms with Crippen LogP contribution in [0.25, 0.3) is 34.4 Å². The summed E-state index contributed by atoms with van der Waals surface area (Å²) in [6.45, 7) is 5.89. The molecule has 68 heavy (non-hydrogen) atoms. The SMILES string of the molecule is Cc1ccc(-c2cc(C(F)(F)F)cc(C(F)(F)F)c2)c2c1[CH]([Zr]([CH3])([CH3])(=[SiH2])[CH]1C(CC3CCCCC3)=Cc3c(-c4cc(C(F)(F)F)cc(C(F)(F)F)c4)ccc(C)c31)C(CC1CCCCC1)=C2.Cl.Cl. The van der Waals surface area contributed by atoms with Gasteiger partial charge in [0, 0.05) is 0 Å². The molecule has 16 heteroatoms. The van der Waals surface area contributed by atoms with Crippen LogP contribution >= 0.6 is 24.8 Å². The average Bonchev–Trinajstić information content (AvgIpc) is 3.82. The summed E-state index contributed by atoms with van der Waals surface area (Å²) in [4.78, 5) is 0. The van der Waals surface area contributed by atoms with Crippen molar-refractivity contribution in [2.45, 2.75) is 132 Å². The predicted molar refractivity (Wildman–Crippen MR) is 252 cm³/mol. The molecule has 4 aromatic rings. The van der Waals surface area contributed by atoms with E-state index in [2.05, 4.69) is 9.26 Å². The molecule has 8 rings (SSSR count). The van der Waals surface area contributed by atoms with Crippen molar-refractivity contribution in [1.82, 2.24) is 0 Å². The van der Waals surface area contributed by atoms with E-state index in [9.17, 15) is 52.7 Å². The minimum atomic E-state index is -5.04. The zero-order valence-corrected chi connectivity index (χ0v) is 43.8. The van der Waals surface area contributed by atoms with Gasteiger partial charge in [0.25, 0.3) is 0 Å². The van der Waals surface area contributed by atoms with Gasteiger partial charge in [0.2, 0.25) is 0 Å². The number of aryl methyl sites for hydroxylation is 2. The van der Waals surface area contributed by atoms with Gasteiger partial charge in [-0.1, -0.05) is 0 Å². The predicted octanol–water partition coefficient (Wildman–Crippen LogP) is 18.4. The van der Waals surface area contributed by atoms with E-state index in [1.165, 1.54) is 0 Å². The van der Waals surface area contributed by atoms with Crippen molar-refractivity contribution in [3.05, 3.63) is 127 Å². The van der Waals surface area contributed by atoms with Gasteiger partial charge in [0.15, 0.2) is 0 Å². The molecule has 4 aliphatic carbocycles. The van der Waals surface area contributed by atoms with Crippen molar-refractivity contribution in [3.63, 3.8) is 0 Å². The van der Waals surface area contributed by atoms with Crippen LogP contribution in [0.4, 0.5) is 52.7 Å².